The zero-order valence-corrected chi connectivity index (χ0v) is 7.34. The van der Waals surface area contributed by atoms with Crippen molar-refractivity contribution in [2.24, 2.45) is 0 Å². The Bertz CT molecular complexity index is 220. The summed E-state index contributed by atoms with van der Waals surface area (Å²) < 4.78 is 0. The smallest absolute Gasteiger partial charge is 0.142 e. The molecule has 0 aliphatic rings. The van der Waals surface area contributed by atoms with Crippen LogP contribution in [0.4, 0.5) is 0 Å². The summed E-state index contributed by atoms with van der Waals surface area (Å²) in [4.78, 5) is 10.1. The molecule has 1 aromatic heterocycles. The molecule has 0 fully saturated rings. The van der Waals surface area contributed by atoms with Gasteiger partial charge in [0, 0.05) is 12.4 Å². The molecular formula is C7H10ClN3. The SMILES string of the molecule is CN(C)Cc1ncc(Cl)cn1. The molecule has 60 valence electrons. The largest absolute Gasteiger partial charge is 0.302 e. The molecule has 0 saturated carbocycles. The van der Waals surface area contributed by atoms with Gasteiger partial charge in [-0.15, -0.1) is 0 Å². The van der Waals surface area contributed by atoms with Gasteiger partial charge in [0.25, 0.3) is 0 Å². The van der Waals surface area contributed by atoms with Gasteiger partial charge in [-0.25, -0.2) is 9.97 Å². The Morgan fingerprint density at radius 3 is 2.36 bits per heavy atom. The first kappa shape index (κ1) is 8.43. The summed E-state index contributed by atoms with van der Waals surface area (Å²) >= 11 is 5.61. The highest BCUT2D eigenvalue weighted by atomic mass is 35.5. The van der Waals surface area contributed by atoms with Crippen LogP contribution >= 0.6 is 11.6 Å². The van der Waals surface area contributed by atoms with Crippen LogP contribution in [-0.2, 0) is 6.54 Å². The Kier molecular flexibility index (Phi) is 2.79. The molecule has 0 bridgehead atoms. The lowest BCUT2D eigenvalue weighted by Gasteiger charge is -2.06. The van der Waals surface area contributed by atoms with Gasteiger partial charge in [0.2, 0.25) is 0 Å². The standard InChI is InChI=1S/C7H10ClN3/c1-11(2)5-7-9-3-6(8)4-10-7/h3-4H,5H2,1-2H3. The average Bonchev–Trinajstić information content (AvgIpc) is 1.93. The van der Waals surface area contributed by atoms with E-state index >= 15 is 0 Å². The second kappa shape index (κ2) is 3.64. The van der Waals surface area contributed by atoms with E-state index in [0.29, 0.717) is 5.02 Å². The lowest BCUT2D eigenvalue weighted by molar-refractivity contribution is 0.390. The minimum atomic E-state index is 0.576. The molecule has 1 aromatic rings. The van der Waals surface area contributed by atoms with E-state index in [0.717, 1.165) is 12.4 Å². The van der Waals surface area contributed by atoms with E-state index in [2.05, 4.69) is 9.97 Å². The van der Waals surface area contributed by atoms with Gasteiger partial charge in [0.05, 0.1) is 11.6 Å². The van der Waals surface area contributed by atoms with Crippen LogP contribution in [0.5, 0.6) is 0 Å². The summed E-state index contributed by atoms with van der Waals surface area (Å²) in [5.41, 5.74) is 0. The van der Waals surface area contributed by atoms with E-state index in [1.165, 1.54) is 0 Å². The molecular weight excluding hydrogens is 162 g/mol. The van der Waals surface area contributed by atoms with Crippen molar-refractivity contribution in [3.63, 3.8) is 0 Å². The van der Waals surface area contributed by atoms with Crippen molar-refractivity contribution in [1.29, 1.82) is 0 Å². The molecule has 0 aliphatic heterocycles. The van der Waals surface area contributed by atoms with Crippen LogP contribution in [0.25, 0.3) is 0 Å². The summed E-state index contributed by atoms with van der Waals surface area (Å²) in [6.07, 6.45) is 3.21. The topological polar surface area (TPSA) is 29.0 Å². The molecule has 1 heterocycles. The average molecular weight is 172 g/mol. The molecule has 0 radical (unpaired) electrons. The predicted molar refractivity (Wildman–Crippen MR) is 44.4 cm³/mol. The summed E-state index contributed by atoms with van der Waals surface area (Å²) in [5, 5.41) is 0.576. The van der Waals surface area contributed by atoms with Gasteiger partial charge in [-0.1, -0.05) is 11.6 Å². The van der Waals surface area contributed by atoms with Crippen LogP contribution in [0, 0.1) is 0 Å². The molecule has 0 unspecified atom stereocenters. The third kappa shape index (κ3) is 2.82. The van der Waals surface area contributed by atoms with Crippen molar-refractivity contribution in [1.82, 2.24) is 14.9 Å². The predicted octanol–water partition coefficient (Wildman–Crippen LogP) is 1.19. The van der Waals surface area contributed by atoms with Crippen LogP contribution in [0.3, 0.4) is 0 Å². The van der Waals surface area contributed by atoms with E-state index in [9.17, 15) is 0 Å². The van der Waals surface area contributed by atoms with Gasteiger partial charge in [-0.2, -0.15) is 0 Å². The van der Waals surface area contributed by atoms with Crippen molar-refractivity contribution in [3.8, 4) is 0 Å². The summed E-state index contributed by atoms with van der Waals surface area (Å²) in [7, 11) is 3.94. The monoisotopic (exact) mass is 171 g/mol. The summed E-state index contributed by atoms with van der Waals surface area (Å²) in [6.45, 7) is 0.747. The van der Waals surface area contributed by atoms with Crippen LogP contribution < -0.4 is 0 Å². The number of halogens is 1. The second-order valence-electron chi connectivity index (χ2n) is 2.56. The van der Waals surface area contributed by atoms with E-state index < -0.39 is 0 Å². The van der Waals surface area contributed by atoms with Crippen molar-refractivity contribution < 1.29 is 0 Å². The minimum Gasteiger partial charge on any atom is -0.302 e. The minimum absolute atomic E-state index is 0.576. The van der Waals surface area contributed by atoms with Crippen LogP contribution in [0.1, 0.15) is 5.82 Å². The molecule has 0 N–H and O–H groups in total. The maximum Gasteiger partial charge on any atom is 0.142 e. The Hall–Kier alpha value is -0.670. The second-order valence-corrected chi connectivity index (χ2v) is 2.99. The van der Waals surface area contributed by atoms with Crippen LogP contribution in [0.2, 0.25) is 5.02 Å². The molecule has 0 aromatic carbocycles. The highest BCUT2D eigenvalue weighted by Crippen LogP contribution is 2.03. The van der Waals surface area contributed by atoms with Crippen molar-refractivity contribution in [2.45, 2.75) is 6.54 Å². The first-order valence-corrected chi connectivity index (χ1v) is 3.67. The van der Waals surface area contributed by atoms with E-state index in [4.69, 9.17) is 11.6 Å². The van der Waals surface area contributed by atoms with Gasteiger partial charge >= 0.3 is 0 Å². The summed E-state index contributed by atoms with van der Waals surface area (Å²) in [6, 6.07) is 0. The van der Waals surface area contributed by atoms with E-state index in [1.807, 2.05) is 19.0 Å². The zero-order valence-electron chi connectivity index (χ0n) is 6.58. The fourth-order valence-corrected chi connectivity index (χ4v) is 0.801. The molecule has 4 heteroatoms. The Morgan fingerprint density at radius 1 is 1.36 bits per heavy atom. The Labute approximate surface area is 71.0 Å². The quantitative estimate of drug-likeness (QED) is 0.670. The first-order valence-electron chi connectivity index (χ1n) is 3.29. The number of rotatable bonds is 2. The highest BCUT2D eigenvalue weighted by molar-refractivity contribution is 6.30. The van der Waals surface area contributed by atoms with Crippen LogP contribution in [0.15, 0.2) is 12.4 Å². The summed E-state index contributed by atoms with van der Waals surface area (Å²) in [5.74, 6) is 0.791. The van der Waals surface area contributed by atoms with E-state index in [1.54, 1.807) is 12.4 Å². The van der Waals surface area contributed by atoms with Gasteiger partial charge in [0.15, 0.2) is 0 Å². The number of aromatic nitrogens is 2. The normalized spacial score (nSPS) is 10.5. The van der Waals surface area contributed by atoms with Gasteiger partial charge in [-0.05, 0) is 14.1 Å². The number of hydrogen-bond acceptors (Lipinski definition) is 3. The van der Waals surface area contributed by atoms with Gasteiger partial charge < -0.3 is 4.90 Å². The molecule has 0 amide bonds. The maximum atomic E-state index is 5.61. The molecule has 3 nitrogen and oxygen atoms in total. The number of nitrogens with zero attached hydrogens (tertiary/aromatic N) is 3. The van der Waals surface area contributed by atoms with Gasteiger partial charge in [0.1, 0.15) is 5.82 Å². The molecule has 0 aliphatic carbocycles. The molecule has 0 atom stereocenters. The molecule has 0 spiro atoms. The van der Waals surface area contributed by atoms with Crippen LogP contribution in [-0.4, -0.2) is 29.0 Å². The lowest BCUT2D eigenvalue weighted by atomic mass is 10.5. The van der Waals surface area contributed by atoms with Crippen molar-refractivity contribution in [2.75, 3.05) is 14.1 Å². The lowest BCUT2D eigenvalue weighted by Crippen LogP contribution is -2.12. The molecule has 1 rings (SSSR count). The third-order valence-electron chi connectivity index (χ3n) is 1.13. The third-order valence-corrected chi connectivity index (χ3v) is 1.33. The maximum absolute atomic E-state index is 5.61. The Balaban J connectivity index is 2.66. The van der Waals surface area contributed by atoms with E-state index in [-0.39, 0.29) is 0 Å². The fourth-order valence-electron chi connectivity index (χ4n) is 0.704. The van der Waals surface area contributed by atoms with Crippen molar-refractivity contribution >= 4 is 11.6 Å². The van der Waals surface area contributed by atoms with Gasteiger partial charge in [-0.3, -0.25) is 0 Å². The first-order chi connectivity index (χ1) is 5.18. The fraction of sp³-hybridized carbons (Fsp3) is 0.429. The molecule has 0 saturated heterocycles. The zero-order chi connectivity index (χ0) is 8.27. The number of hydrogen-bond donors (Lipinski definition) is 0. The van der Waals surface area contributed by atoms with Crippen molar-refractivity contribution in [3.05, 3.63) is 23.2 Å². The molecule has 11 heavy (non-hydrogen) atoms. The highest BCUT2D eigenvalue weighted by Gasteiger charge is 1.96. The Morgan fingerprint density at radius 2 is 1.91 bits per heavy atom.